The number of hydrogen-bond acceptors (Lipinski definition) is 2. The van der Waals surface area contributed by atoms with E-state index in [1.165, 1.54) is 0 Å². The molecule has 0 aliphatic heterocycles. The van der Waals surface area contributed by atoms with Gasteiger partial charge in [0, 0.05) is 10.8 Å². The van der Waals surface area contributed by atoms with Crippen molar-refractivity contribution in [2.75, 3.05) is 0 Å². The van der Waals surface area contributed by atoms with E-state index in [4.69, 9.17) is 4.42 Å². The summed E-state index contributed by atoms with van der Waals surface area (Å²) in [6, 6.07) is 21.9. The molecular formula is C20H16O2. The van der Waals surface area contributed by atoms with Gasteiger partial charge in [0.2, 0.25) is 0 Å². The van der Waals surface area contributed by atoms with Crippen LogP contribution < -0.4 is 0 Å². The molecule has 1 aromatic heterocycles. The Morgan fingerprint density at radius 2 is 1.55 bits per heavy atom. The summed E-state index contributed by atoms with van der Waals surface area (Å²) >= 11 is 0. The first-order valence-electron chi connectivity index (χ1n) is 7.38. The normalized spacial score (nSPS) is 12.8. The Morgan fingerprint density at radius 3 is 2.41 bits per heavy atom. The highest BCUT2D eigenvalue weighted by atomic mass is 16.3. The number of rotatable bonds is 2. The molecule has 0 radical (unpaired) electrons. The molecule has 0 saturated carbocycles. The fourth-order valence-electron chi connectivity index (χ4n) is 2.95. The van der Waals surface area contributed by atoms with Gasteiger partial charge in [0.1, 0.15) is 17.3 Å². The van der Waals surface area contributed by atoms with Crippen LogP contribution in [0.25, 0.3) is 21.9 Å². The largest absolute Gasteiger partial charge is 0.456 e. The molecule has 4 aromatic rings. The highest BCUT2D eigenvalue weighted by molar-refractivity contribution is 6.04. The Labute approximate surface area is 128 Å². The average molecular weight is 288 g/mol. The first-order valence-corrected chi connectivity index (χ1v) is 7.38. The number of aryl methyl sites for hydroxylation is 1. The lowest BCUT2D eigenvalue weighted by atomic mass is 9.99. The number of hydrogen-bond donors (Lipinski definition) is 1. The molecule has 1 unspecified atom stereocenters. The molecule has 108 valence electrons. The van der Waals surface area contributed by atoms with E-state index in [1.54, 1.807) is 0 Å². The van der Waals surface area contributed by atoms with Crippen molar-refractivity contribution in [3.8, 4) is 0 Å². The minimum Gasteiger partial charge on any atom is -0.456 e. The third-order valence-corrected chi connectivity index (χ3v) is 4.08. The van der Waals surface area contributed by atoms with E-state index in [2.05, 4.69) is 6.07 Å². The number of aliphatic hydroxyl groups is 1. The summed E-state index contributed by atoms with van der Waals surface area (Å²) in [6.07, 6.45) is -0.641. The molecule has 2 nitrogen and oxygen atoms in total. The topological polar surface area (TPSA) is 33.4 Å². The molecule has 22 heavy (non-hydrogen) atoms. The smallest absolute Gasteiger partial charge is 0.135 e. The van der Waals surface area contributed by atoms with Gasteiger partial charge in [0.05, 0.1) is 0 Å². The van der Waals surface area contributed by atoms with Crippen molar-refractivity contribution >= 4 is 21.9 Å². The molecule has 1 heterocycles. The van der Waals surface area contributed by atoms with Crippen molar-refractivity contribution in [2.24, 2.45) is 0 Å². The minimum absolute atomic E-state index is 0.641. The second kappa shape index (κ2) is 5.00. The summed E-state index contributed by atoms with van der Waals surface area (Å²) in [4.78, 5) is 0. The fourth-order valence-corrected chi connectivity index (χ4v) is 2.95. The van der Waals surface area contributed by atoms with Crippen LogP contribution in [-0.4, -0.2) is 5.11 Å². The van der Waals surface area contributed by atoms with Gasteiger partial charge in [-0.25, -0.2) is 0 Å². The first kappa shape index (κ1) is 13.1. The Hall–Kier alpha value is -2.58. The highest BCUT2D eigenvalue weighted by Crippen LogP contribution is 2.32. The van der Waals surface area contributed by atoms with E-state index < -0.39 is 6.10 Å². The minimum atomic E-state index is -0.641. The van der Waals surface area contributed by atoms with Crippen LogP contribution >= 0.6 is 0 Å². The van der Waals surface area contributed by atoms with Gasteiger partial charge in [-0.3, -0.25) is 0 Å². The van der Waals surface area contributed by atoms with E-state index in [0.717, 1.165) is 38.6 Å². The van der Waals surface area contributed by atoms with Crippen LogP contribution in [-0.2, 0) is 0 Å². The second-order valence-corrected chi connectivity index (χ2v) is 5.67. The maximum absolute atomic E-state index is 10.6. The quantitative estimate of drug-likeness (QED) is 0.564. The predicted molar refractivity (Wildman–Crippen MR) is 89.0 cm³/mol. The predicted octanol–water partition coefficient (Wildman–Crippen LogP) is 4.98. The molecule has 0 spiro atoms. The van der Waals surface area contributed by atoms with Crippen molar-refractivity contribution in [1.29, 1.82) is 0 Å². The van der Waals surface area contributed by atoms with Crippen LogP contribution in [0.15, 0.2) is 71.1 Å². The maximum atomic E-state index is 10.6. The van der Waals surface area contributed by atoms with Gasteiger partial charge in [0.15, 0.2) is 0 Å². The molecule has 0 fully saturated rings. The number of benzene rings is 3. The third-order valence-electron chi connectivity index (χ3n) is 4.08. The SMILES string of the molecule is Cc1cccc(C(O)c2ccc3c(c2)oc2ccccc23)c1. The Morgan fingerprint density at radius 1 is 0.773 bits per heavy atom. The third kappa shape index (κ3) is 2.09. The van der Waals surface area contributed by atoms with Crippen LogP contribution in [0, 0.1) is 6.92 Å². The van der Waals surface area contributed by atoms with Gasteiger partial charge in [-0.05, 0) is 30.2 Å². The lowest BCUT2D eigenvalue weighted by Gasteiger charge is -2.12. The molecule has 0 bridgehead atoms. The summed E-state index contributed by atoms with van der Waals surface area (Å²) in [5, 5.41) is 12.8. The molecule has 1 N–H and O–H groups in total. The lowest BCUT2D eigenvalue weighted by molar-refractivity contribution is 0.220. The van der Waals surface area contributed by atoms with Crippen LogP contribution in [0.5, 0.6) is 0 Å². The summed E-state index contributed by atoms with van der Waals surface area (Å²) in [5.74, 6) is 0. The standard InChI is InChI=1S/C20H16O2/c1-13-5-4-6-14(11-13)20(21)15-9-10-17-16-7-2-3-8-18(16)22-19(17)12-15/h2-12,20-21H,1H3. The first-order chi connectivity index (χ1) is 10.7. The summed E-state index contributed by atoms with van der Waals surface area (Å²) in [7, 11) is 0. The van der Waals surface area contributed by atoms with Gasteiger partial charge in [0.25, 0.3) is 0 Å². The fraction of sp³-hybridized carbons (Fsp3) is 0.100. The summed E-state index contributed by atoms with van der Waals surface area (Å²) in [5.41, 5.74) is 4.57. The van der Waals surface area contributed by atoms with Gasteiger partial charge < -0.3 is 9.52 Å². The van der Waals surface area contributed by atoms with Gasteiger partial charge >= 0.3 is 0 Å². The number of furan rings is 1. The molecule has 1 atom stereocenters. The van der Waals surface area contributed by atoms with Crippen molar-refractivity contribution in [1.82, 2.24) is 0 Å². The van der Waals surface area contributed by atoms with E-state index >= 15 is 0 Å². The Balaban J connectivity index is 1.84. The average Bonchev–Trinajstić information content (AvgIpc) is 2.91. The molecule has 0 amide bonds. The molecule has 0 saturated heterocycles. The van der Waals surface area contributed by atoms with Crippen LogP contribution in [0.1, 0.15) is 22.8 Å². The zero-order chi connectivity index (χ0) is 15.1. The maximum Gasteiger partial charge on any atom is 0.135 e. The second-order valence-electron chi connectivity index (χ2n) is 5.67. The number of para-hydroxylation sites is 1. The lowest BCUT2D eigenvalue weighted by Crippen LogP contribution is -1.99. The zero-order valence-electron chi connectivity index (χ0n) is 12.3. The van der Waals surface area contributed by atoms with Gasteiger partial charge in [-0.1, -0.05) is 60.2 Å². The van der Waals surface area contributed by atoms with E-state index in [0.29, 0.717) is 0 Å². The van der Waals surface area contributed by atoms with Crippen LogP contribution in [0.4, 0.5) is 0 Å². The zero-order valence-corrected chi connectivity index (χ0v) is 12.3. The van der Waals surface area contributed by atoms with Gasteiger partial charge in [-0.2, -0.15) is 0 Å². The molecule has 0 aliphatic carbocycles. The molecule has 0 aliphatic rings. The van der Waals surface area contributed by atoms with Crippen molar-refractivity contribution < 1.29 is 9.52 Å². The van der Waals surface area contributed by atoms with Gasteiger partial charge in [-0.15, -0.1) is 0 Å². The molecule has 2 heteroatoms. The summed E-state index contributed by atoms with van der Waals surface area (Å²) in [6.45, 7) is 2.03. The molecule has 3 aromatic carbocycles. The van der Waals surface area contributed by atoms with Crippen molar-refractivity contribution in [3.05, 3.63) is 83.4 Å². The van der Waals surface area contributed by atoms with Crippen LogP contribution in [0.3, 0.4) is 0 Å². The van der Waals surface area contributed by atoms with E-state index in [1.807, 2.05) is 67.6 Å². The monoisotopic (exact) mass is 288 g/mol. The van der Waals surface area contributed by atoms with E-state index in [9.17, 15) is 5.11 Å². The Kier molecular flexibility index (Phi) is 2.98. The van der Waals surface area contributed by atoms with E-state index in [-0.39, 0.29) is 0 Å². The Bertz CT molecular complexity index is 966. The highest BCUT2D eigenvalue weighted by Gasteiger charge is 2.13. The van der Waals surface area contributed by atoms with Crippen molar-refractivity contribution in [2.45, 2.75) is 13.0 Å². The van der Waals surface area contributed by atoms with Crippen molar-refractivity contribution in [3.63, 3.8) is 0 Å². The molecular weight excluding hydrogens is 272 g/mol. The summed E-state index contributed by atoms with van der Waals surface area (Å²) < 4.78 is 5.89. The van der Waals surface area contributed by atoms with Crippen LogP contribution in [0.2, 0.25) is 0 Å². The number of aliphatic hydroxyl groups excluding tert-OH is 1. The molecule has 4 rings (SSSR count). The number of fused-ring (bicyclic) bond motifs is 3.